The van der Waals surface area contributed by atoms with E-state index in [-0.39, 0.29) is 0 Å². The first-order valence-corrected chi connectivity index (χ1v) is 6.43. The van der Waals surface area contributed by atoms with Crippen LogP contribution in [0.15, 0.2) is 0 Å². The van der Waals surface area contributed by atoms with Crippen molar-refractivity contribution in [1.82, 2.24) is 0 Å². The van der Waals surface area contributed by atoms with E-state index in [1.54, 1.807) is 0 Å². The molecular weight excluding hydrogens is 156 g/mol. The predicted octanol–water partition coefficient (Wildman–Crippen LogP) is 1.56. The molecule has 0 aromatic carbocycles. The summed E-state index contributed by atoms with van der Waals surface area (Å²) in [6.07, 6.45) is 0.423. The van der Waals surface area contributed by atoms with Gasteiger partial charge >= 0.3 is 0 Å². The first-order valence-electron chi connectivity index (χ1n) is 4.23. The number of rotatable bonds is 3. The molecule has 1 heterocycles. The van der Waals surface area contributed by atoms with Crippen LogP contribution in [0.25, 0.3) is 0 Å². The minimum absolute atomic E-state index is 0.384. The Balaban J connectivity index is 2.13. The van der Waals surface area contributed by atoms with E-state index in [9.17, 15) is 0 Å². The number of epoxide rings is 1. The molecule has 0 aliphatic carbocycles. The van der Waals surface area contributed by atoms with Gasteiger partial charge < -0.3 is 9.16 Å². The Hall–Kier alpha value is 0.137. The first kappa shape index (κ1) is 9.23. The molecule has 1 aliphatic rings. The van der Waals surface area contributed by atoms with Crippen molar-refractivity contribution >= 4 is 9.04 Å². The van der Waals surface area contributed by atoms with E-state index in [1.807, 2.05) is 0 Å². The summed E-state index contributed by atoms with van der Waals surface area (Å²) in [4.78, 5) is 0. The van der Waals surface area contributed by atoms with Gasteiger partial charge in [-0.2, -0.15) is 0 Å². The van der Waals surface area contributed by atoms with Gasteiger partial charge in [0.25, 0.3) is 0 Å². The molecule has 0 spiro atoms. The second-order valence-electron chi connectivity index (χ2n) is 4.30. The van der Waals surface area contributed by atoms with Crippen molar-refractivity contribution in [2.24, 2.45) is 0 Å². The molecule has 0 radical (unpaired) electrons. The Morgan fingerprint density at radius 1 is 1.55 bits per heavy atom. The van der Waals surface area contributed by atoms with Crippen LogP contribution in [0.3, 0.4) is 0 Å². The molecule has 0 aromatic rings. The fourth-order valence-corrected chi connectivity index (χ4v) is 1.67. The van der Waals surface area contributed by atoms with E-state index >= 15 is 0 Å². The monoisotopic (exact) mass is 174 g/mol. The van der Waals surface area contributed by atoms with Crippen molar-refractivity contribution in [2.45, 2.75) is 38.5 Å². The topological polar surface area (TPSA) is 21.8 Å². The molecule has 66 valence electrons. The Morgan fingerprint density at radius 3 is 2.45 bits per heavy atom. The molecule has 1 fully saturated rings. The van der Waals surface area contributed by atoms with Gasteiger partial charge in [-0.15, -0.1) is 0 Å². The van der Waals surface area contributed by atoms with Crippen LogP contribution in [0.2, 0.25) is 11.6 Å². The molecular formula is C8H18O2Si. The van der Waals surface area contributed by atoms with Gasteiger partial charge in [0.05, 0.1) is 13.2 Å². The summed E-state index contributed by atoms with van der Waals surface area (Å²) in [5.74, 6) is 0. The van der Waals surface area contributed by atoms with Crippen LogP contribution in [0.4, 0.5) is 0 Å². The van der Waals surface area contributed by atoms with Crippen molar-refractivity contribution in [3.63, 3.8) is 0 Å². The van der Waals surface area contributed by atoms with E-state index in [1.165, 1.54) is 0 Å². The van der Waals surface area contributed by atoms with Crippen molar-refractivity contribution in [2.75, 3.05) is 13.2 Å². The number of hydrogen-bond donors (Lipinski definition) is 0. The molecule has 1 aliphatic heterocycles. The van der Waals surface area contributed by atoms with Crippen LogP contribution in [-0.4, -0.2) is 28.4 Å². The highest BCUT2D eigenvalue weighted by Gasteiger charge is 2.28. The SMILES string of the molecule is C[SiH](OCC1CO1)C(C)(C)C. The van der Waals surface area contributed by atoms with Crippen LogP contribution < -0.4 is 0 Å². The molecule has 0 N–H and O–H groups in total. The summed E-state index contributed by atoms with van der Waals surface area (Å²) in [5.41, 5.74) is 0. The molecule has 3 heteroatoms. The average Bonchev–Trinajstić information content (AvgIpc) is 2.62. The molecule has 2 nitrogen and oxygen atoms in total. The van der Waals surface area contributed by atoms with Crippen LogP contribution in [0.1, 0.15) is 20.8 Å². The highest BCUT2D eigenvalue weighted by atomic mass is 28.3. The lowest BCUT2D eigenvalue weighted by Gasteiger charge is -2.25. The lowest BCUT2D eigenvalue weighted by atomic mass is 10.3. The highest BCUT2D eigenvalue weighted by Crippen LogP contribution is 2.27. The van der Waals surface area contributed by atoms with Gasteiger partial charge in [0.1, 0.15) is 6.10 Å². The number of hydrogen-bond acceptors (Lipinski definition) is 2. The maximum absolute atomic E-state index is 5.74. The maximum atomic E-state index is 5.74. The lowest BCUT2D eigenvalue weighted by molar-refractivity contribution is 0.255. The quantitative estimate of drug-likeness (QED) is 0.478. The highest BCUT2D eigenvalue weighted by molar-refractivity contribution is 6.53. The van der Waals surface area contributed by atoms with Crippen LogP contribution in [0, 0.1) is 0 Å². The second-order valence-corrected chi connectivity index (χ2v) is 7.65. The van der Waals surface area contributed by atoms with Gasteiger partial charge in [-0.05, 0) is 11.6 Å². The van der Waals surface area contributed by atoms with Gasteiger partial charge in [0.2, 0.25) is 0 Å². The third-order valence-electron chi connectivity index (χ3n) is 2.15. The summed E-state index contributed by atoms with van der Waals surface area (Å²) in [6.45, 7) is 10.7. The zero-order chi connectivity index (χ0) is 8.48. The van der Waals surface area contributed by atoms with Crippen molar-refractivity contribution in [3.05, 3.63) is 0 Å². The van der Waals surface area contributed by atoms with Crippen LogP contribution in [-0.2, 0) is 9.16 Å². The zero-order valence-electron chi connectivity index (χ0n) is 7.89. The maximum Gasteiger partial charge on any atom is 0.179 e. The summed E-state index contributed by atoms with van der Waals surface area (Å²) in [7, 11) is -0.987. The first-order chi connectivity index (χ1) is 5.00. The zero-order valence-corrected chi connectivity index (χ0v) is 9.04. The van der Waals surface area contributed by atoms with Gasteiger partial charge in [-0.3, -0.25) is 0 Å². The van der Waals surface area contributed by atoms with Crippen molar-refractivity contribution in [3.8, 4) is 0 Å². The minimum Gasteiger partial charge on any atom is -0.417 e. The molecule has 0 bridgehead atoms. The van der Waals surface area contributed by atoms with Gasteiger partial charge in [0, 0.05) is 0 Å². The molecule has 1 rings (SSSR count). The van der Waals surface area contributed by atoms with Crippen LogP contribution >= 0.6 is 0 Å². The third-order valence-corrected chi connectivity index (χ3v) is 5.29. The largest absolute Gasteiger partial charge is 0.417 e. The molecule has 2 atom stereocenters. The Labute approximate surface area is 70.6 Å². The minimum atomic E-state index is -0.987. The van der Waals surface area contributed by atoms with Crippen molar-refractivity contribution < 1.29 is 9.16 Å². The van der Waals surface area contributed by atoms with E-state index in [0.29, 0.717) is 11.1 Å². The smallest absolute Gasteiger partial charge is 0.179 e. The Morgan fingerprint density at radius 2 is 2.09 bits per heavy atom. The number of ether oxygens (including phenoxy) is 1. The Bertz CT molecular complexity index is 127. The Kier molecular flexibility index (Phi) is 2.73. The fraction of sp³-hybridized carbons (Fsp3) is 1.00. The van der Waals surface area contributed by atoms with E-state index in [0.717, 1.165) is 13.2 Å². The molecule has 0 saturated carbocycles. The summed E-state index contributed by atoms with van der Waals surface area (Å²) >= 11 is 0. The van der Waals surface area contributed by atoms with E-state index in [4.69, 9.17) is 9.16 Å². The second kappa shape index (κ2) is 3.25. The lowest BCUT2D eigenvalue weighted by Crippen LogP contribution is -2.27. The van der Waals surface area contributed by atoms with Gasteiger partial charge in [-0.1, -0.05) is 20.8 Å². The van der Waals surface area contributed by atoms with E-state index < -0.39 is 9.04 Å². The normalized spacial score (nSPS) is 26.7. The van der Waals surface area contributed by atoms with Crippen molar-refractivity contribution in [1.29, 1.82) is 0 Å². The summed E-state index contributed by atoms with van der Waals surface area (Å²) in [6, 6.07) is 0. The summed E-state index contributed by atoms with van der Waals surface area (Å²) < 4.78 is 10.8. The predicted molar refractivity (Wildman–Crippen MR) is 48.4 cm³/mol. The molecule has 0 aromatic heterocycles. The van der Waals surface area contributed by atoms with E-state index in [2.05, 4.69) is 27.3 Å². The van der Waals surface area contributed by atoms with Gasteiger partial charge in [0.15, 0.2) is 9.04 Å². The molecule has 1 saturated heterocycles. The molecule has 2 unspecified atom stereocenters. The third kappa shape index (κ3) is 3.36. The van der Waals surface area contributed by atoms with Crippen LogP contribution in [0.5, 0.6) is 0 Å². The summed E-state index contributed by atoms with van der Waals surface area (Å²) in [5, 5.41) is 0.384. The standard InChI is InChI=1S/C8H18O2Si/c1-8(2,3)11(4)10-6-7-5-9-7/h7,11H,5-6H2,1-4H3. The fourth-order valence-electron chi connectivity index (χ4n) is 0.666. The average molecular weight is 174 g/mol. The van der Waals surface area contributed by atoms with Gasteiger partial charge in [-0.25, -0.2) is 0 Å². The molecule has 11 heavy (non-hydrogen) atoms. The molecule has 0 amide bonds.